The number of hydrogen-bond donors (Lipinski definition) is 1. The quantitative estimate of drug-likeness (QED) is 0.435. The summed E-state index contributed by atoms with van der Waals surface area (Å²) in [6.07, 6.45) is 2.06. The van der Waals surface area contributed by atoms with E-state index in [4.69, 9.17) is 4.74 Å². The Morgan fingerprint density at radius 3 is 2.40 bits per heavy atom. The molecule has 0 aliphatic carbocycles. The highest BCUT2D eigenvalue weighted by molar-refractivity contribution is 9.10. The highest BCUT2D eigenvalue weighted by atomic mass is 79.9. The zero-order chi connectivity index (χ0) is 21.8. The molecule has 0 saturated heterocycles. The summed E-state index contributed by atoms with van der Waals surface area (Å²) in [6.45, 7) is 7.28. The van der Waals surface area contributed by atoms with Crippen molar-refractivity contribution in [2.45, 2.75) is 26.3 Å². The van der Waals surface area contributed by atoms with E-state index in [0.717, 1.165) is 49.2 Å². The summed E-state index contributed by atoms with van der Waals surface area (Å²) in [5.74, 6) is 0.703. The third kappa shape index (κ3) is 8.86. The van der Waals surface area contributed by atoms with Crippen molar-refractivity contribution in [3.8, 4) is 5.75 Å². The zero-order valence-corrected chi connectivity index (χ0v) is 20.0. The molecule has 0 aliphatic rings. The first-order valence-corrected chi connectivity index (χ1v) is 11.4. The number of amides is 1. The predicted octanol–water partition coefficient (Wildman–Crippen LogP) is 4.42. The molecule has 0 fully saturated rings. The monoisotopic (exact) mass is 475 g/mol. The van der Waals surface area contributed by atoms with Gasteiger partial charge in [0.2, 0.25) is 0 Å². The molecule has 164 valence electrons. The van der Waals surface area contributed by atoms with E-state index >= 15 is 0 Å². The van der Waals surface area contributed by atoms with E-state index in [2.05, 4.69) is 75.5 Å². The molecule has 0 aromatic heterocycles. The fraction of sp³-hybridized carbons (Fsp3) is 0.458. The molecule has 0 saturated carbocycles. The van der Waals surface area contributed by atoms with Crippen LogP contribution in [0.5, 0.6) is 5.75 Å². The van der Waals surface area contributed by atoms with Crippen LogP contribution in [0.4, 0.5) is 0 Å². The van der Waals surface area contributed by atoms with Gasteiger partial charge in [0.1, 0.15) is 5.75 Å². The molecule has 0 bridgehead atoms. The molecule has 2 aromatic rings. The second kappa shape index (κ2) is 13.4. The topological polar surface area (TPSA) is 44.8 Å². The van der Waals surface area contributed by atoms with Gasteiger partial charge in [0.05, 0.1) is 11.1 Å². The number of benzene rings is 2. The first kappa shape index (κ1) is 24.4. The van der Waals surface area contributed by atoms with E-state index in [1.54, 1.807) is 12.1 Å². The van der Waals surface area contributed by atoms with Crippen LogP contribution in [0.15, 0.2) is 53.0 Å². The number of rotatable bonds is 13. The third-order valence-corrected chi connectivity index (χ3v) is 5.49. The number of carbonyl (C=O) groups is 1. The van der Waals surface area contributed by atoms with E-state index < -0.39 is 0 Å². The van der Waals surface area contributed by atoms with Crippen molar-refractivity contribution in [2.75, 3.05) is 46.9 Å². The molecular weight excluding hydrogens is 442 g/mol. The van der Waals surface area contributed by atoms with Crippen LogP contribution < -0.4 is 10.1 Å². The van der Waals surface area contributed by atoms with E-state index in [1.807, 2.05) is 13.0 Å². The van der Waals surface area contributed by atoms with Crippen LogP contribution in [0.25, 0.3) is 0 Å². The third-order valence-electron chi connectivity index (χ3n) is 4.87. The van der Waals surface area contributed by atoms with Crippen molar-refractivity contribution in [1.29, 1.82) is 0 Å². The molecule has 0 aliphatic heterocycles. The molecule has 5 nitrogen and oxygen atoms in total. The summed E-state index contributed by atoms with van der Waals surface area (Å²) in [5.41, 5.74) is 1.99. The number of hydrogen-bond acceptors (Lipinski definition) is 4. The average Bonchev–Trinajstić information content (AvgIpc) is 2.73. The van der Waals surface area contributed by atoms with Crippen molar-refractivity contribution in [1.82, 2.24) is 15.1 Å². The Labute approximate surface area is 189 Å². The summed E-state index contributed by atoms with van der Waals surface area (Å²) < 4.78 is 6.29. The SMILES string of the molecule is CCOc1ccc(C(=O)NCCCN(C)CCCN(C)Cc2ccccc2)cc1Br. The molecular formula is C24H34BrN3O2. The first-order chi connectivity index (χ1) is 14.5. The minimum atomic E-state index is -0.0519. The standard InChI is InChI=1S/C24H34BrN3O2/c1-4-30-23-13-12-21(18-22(23)25)24(29)26-14-8-15-27(2)16-9-17-28(3)19-20-10-6-5-7-11-20/h5-7,10-13,18H,4,8-9,14-17,19H2,1-3H3,(H,26,29). The maximum absolute atomic E-state index is 12.3. The predicted molar refractivity (Wildman–Crippen MR) is 127 cm³/mol. The van der Waals surface area contributed by atoms with Crippen molar-refractivity contribution >= 4 is 21.8 Å². The van der Waals surface area contributed by atoms with E-state index in [1.165, 1.54) is 5.56 Å². The molecule has 1 amide bonds. The van der Waals surface area contributed by atoms with Crippen molar-refractivity contribution < 1.29 is 9.53 Å². The summed E-state index contributed by atoms with van der Waals surface area (Å²) in [7, 11) is 4.31. The first-order valence-electron chi connectivity index (χ1n) is 10.6. The molecule has 2 rings (SSSR count). The lowest BCUT2D eigenvalue weighted by molar-refractivity contribution is 0.0952. The van der Waals surface area contributed by atoms with E-state index in [0.29, 0.717) is 18.7 Å². The number of ether oxygens (including phenoxy) is 1. The van der Waals surface area contributed by atoms with Crippen LogP contribution in [0, 0.1) is 0 Å². The summed E-state index contributed by atoms with van der Waals surface area (Å²) >= 11 is 3.45. The number of nitrogens with zero attached hydrogens (tertiary/aromatic N) is 2. The highest BCUT2D eigenvalue weighted by Gasteiger charge is 2.09. The maximum Gasteiger partial charge on any atom is 0.251 e. The van der Waals surface area contributed by atoms with Crippen LogP contribution in [0.2, 0.25) is 0 Å². The van der Waals surface area contributed by atoms with E-state index in [9.17, 15) is 4.79 Å². The molecule has 0 radical (unpaired) electrons. The summed E-state index contributed by atoms with van der Waals surface area (Å²) in [6, 6.07) is 16.0. The Bertz CT molecular complexity index is 770. The summed E-state index contributed by atoms with van der Waals surface area (Å²) in [4.78, 5) is 17.0. The Kier molecular flexibility index (Phi) is 10.9. The van der Waals surface area contributed by atoms with Crippen LogP contribution in [0.1, 0.15) is 35.7 Å². The van der Waals surface area contributed by atoms with Crippen LogP contribution >= 0.6 is 15.9 Å². The van der Waals surface area contributed by atoms with Crippen LogP contribution in [-0.2, 0) is 6.54 Å². The molecule has 0 spiro atoms. The number of halogens is 1. The average molecular weight is 476 g/mol. The normalized spacial score (nSPS) is 11.1. The molecule has 0 heterocycles. The van der Waals surface area contributed by atoms with Crippen molar-refractivity contribution in [2.24, 2.45) is 0 Å². The van der Waals surface area contributed by atoms with Gasteiger partial charge in [-0.1, -0.05) is 30.3 Å². The molecule has 30 heavy (non-hydrogen) atoms. The molecule has 6 heteroatoms. The lowest BCUT2D eigenvalue weighted by Gasteiger charge is -2.20. The molecule has 1 N–H and O–H groups in total. The Balaban J connectivity index is 1.58. The van der Waals surface area contributed by atoms with Gasteiger partial charge in [-0.05, 0) is 93.2 Å². The van der Waals surface area contributed by atoms with Gasteiger partial charge >= 0.3 is 0 Å². The van der Waals surface area contributed by atoms with E-state index in [-0.39, 0.29) is 5.91 Å². The van der Waals surface area contributed by atoms with Gasteiger partial charge in [-0.3, -0.25) is 4.79 Å². The Morgan fingerprint density at radius 2 is 1.70 bits per heavy atom. The lowest BCUT2D eigenvalue weighted by Crippen LogP contribution is -2.30. The maximum atomic E-state index is 12.3. The minimum Gasteiger partial charge on any atom is -0.493 e. The van der Waals surface area contributed by atoms with Crippen LogP contribution in [-0.4, -0.2) is 62.6 Å². The second-order valence-electron chi connectivity index (χ2n) is 7.57. The van der Waals surface area contributed by atoms with Gasteiger partial charge in [0, 0.05) is 18.7 Å². The van der Waals surface area contributed by atoms with Gasteiger partial charge in [-0.15, -0.1) is 0 Å². The van der Waals surface area contributed by atoms with Gasteiger partial charge in [-0.25, -0.2) is 0 Å². The van der Waals surface area contributed by atoms with Gasteiger partial charge in [0.25, 0.3) is 5.91 Å². The second-order valence-corrected chi connectivity index (χ2v) is 8.42. The molecule has 0 atom stereocenters. The fourth-order valence-corrected chi connectivity index (χ4v) is 3.76. The van der Waals surface area contributed by atoms with Gasteiger partial charge in [-0.2, -0.15) is 0 Å². The molecule has 0 unspecified atom stereocenters. The minimum absolute atomic E-state index is 0.0519. The lowest BCUT2D eigenvalue weighted by atomic mass is 10.2. The van der Waals surface area contributed by atoms with Gasteiger partial charge < -0.3 is 19.9 Å². The van der Waals surface area contributed by atoms with Crippen LogP contribution in [0.3, 0.4) is 0 Å². The van der Waals surface area contributed by atoms with Gasteiger partial charge in [0.15, 0.2) is 0 Å². The Morgan fingerprint density at radius 1 is 1.00 bits per heavy atom. The number of nitrogens with one attached hydrogen (secondary N) is 1. The summed E-state index contributed by atoms with van der Waals surface area (Å²) in [5, 5.41) is 3.00. The van der Waals surface area contributed by atoms with Crippen molar-refractivity contribution in [3.05, 3.63) is 64.1 Å². The number of carbonyl (C=O) groups excluding carboxylic acids is 1. The smallest absolute Gasteiger partial charge is 0.251 e. The zero-order valence-electron chi connectivity index (χ0n) is 18.4. The Hall–Kier alpha value is -1.89. The largest absolute Gasteiger partial charge is 0.493 e. The molecule has 2 aromatic carbocycles. The fourth-order valence-electron chi connectivity index (χ4n) is 3.26. The van der Waals surface area contributed by atoms with Crippen molar-refractivity contribution in [3.63, 3.8) is 0 Å². The highest BCUT2D eigenvalue weighted by Crippen LogP contribution is 2.25.